The predicted molar refractivity (Wildman–Crippen MR) is 51.7 cm³/mol. The summed E-state index contributed by atoms with van der Waals surface area (Å²) in [4.78, 5) is 0. The van der Waals surface area contributed by atoms with Gasteiger partial charge in [0.15, 0.2) is 0 Å². The van der Waals surface area contributed by atoms with E-state index < -0.39 is 17.9 Å². The maximum absolute atomic E-state index is 13.3. The highest BCUT2D eigenvalue weighted by molar-refractivity contribution is 5.33. The Kier molecular flexibility index (Phi) is 3.57. The molecule has 0 aromatic heterocycles. The van der Waals surface area contributed by atoms with Gasteiger partial charge in [-0.15, -0.1) is 19.8 Å². The van der Waals surface area contributed by atoms with Crippen molar-refractivity contribution in [2.75, 3.05) is 0 Å². The van der Waals surface area contributed by atoms with Crippen LogP contribution in [0.3, 0.4) is 0 Å². The van der Waals surface area contributed by atoms with Crippen molar-refractivity contribution in [2.45, 2.75) is 19.2 Å². The molecule has 0 radical (unpaired) electrons. The van der Waals surface area contributed by atoms with Crippen molar-refractivity contribution in [3.05, 3.63) is 42.2 Å². The average molecular weight is 234 g/mol. The summed E-state index contributed by atoms with van der Waals surface area (Å²) in [6.45, 7) is 5.08. The normalized spacial score (nSPS) is 13.3. The molecular weight excluding hydrogens is 224 g/mol. The lowest BCUT2D eigenvalue weighted by molar-refractivity contribution is -0.274. The number of hydrogen-bond acceptors (Lipinski definition) is 1. The van der Waals surface area contributed by atoms with E-state index in [-0.39, 0.29) is 11.5 Å². The van der Waals surface area contributed by atoms with Gasteiger partial charge < -0.3 is 4.74 Å². The zero-order valence-corrected chi connectivity index (χ0v) is 8.51. The van der Waals surface area contributed by atoms with Crippen molar-refractivity contribution >= 4 is 0 Å². The first-order valence-corrected chi connectivity index (χ1v) is 4.51. The van der Waals surface area contributed by atoms with E-state index in [0.717, 1.165) is 18.2 Å². The Morgan fingerprint density at radius 3 is 2.50 bits per heavy atom. The van der Waals surface area contributed by atoms with Gasteiger partial charge >= 0.3 is 6.36 Å². The second kappa shape index (κ2) is 4.55. The minimum absolute atomic E-state index is 0.122. The van der Waals surface area contributed by atoms with Crippen molar-refractivity contribution in [1.82, 2.24) is 0 Å². The molecule has 88 valence electrons. The molecule has 1 aromatic rings. The predicted octanol–water partition coefficient (Wildman–Crippen LogP) is 4.01. The Morgan fingerprint density at radius 2 is 2.00 bits per heavy atom. The minimum Gasteiger partial charge on any atom is -0.406 e. The van der Waals surface area contributed by atoms with Crippen molar-refractivity contribution < 1.29 is 22.3 Å². The Bertz CT molecular complexity index is 384. The van der Waals surface area contributed by atoms with Gasteiger partial charge in [0.1, 0.15) is 11.6 Å². The number of benzene rings is 1. The topological polar surface area (TPSA) is 9.23 Å². The molecule has 0 aliphatic heterocycles. The lowest BCUT2D eigenvalue weighted by Gasteiger charge is -2.12. The van der Waals surface area contributed by atoms with Crippen LogP contribution in [0.5, 0.6) is 5.75 Å². The number of alkyl halides is 3. The molecule has 0 N–H and O–H groups in total. The number of rotatable bonds is 3. The van der Waals surface area contributed by atoms with Gasteiger partial charge in [0.2, 0.25) is 0 Å². The van der Waals surface area contributed by atoms with Crippen molar-refractivity contribution in [3.63, 3.8) is 0 Å². The third-order valence-electron chi connectivity index (χ3n) is 2.05. The lowest BCUT2D eigenvalue weighted by atomic mass is 10.0. The van der Waals surface area contributed by atoms with Crippen LogP contribution < -0.4 is 4.74 Å². The summed E-state index contributed by atoms with van der Waals surface area (Å²) in [6.07, 6.45) is -3.33. The van der Waals surface area contributed by atoms with Gasteiger partial charge in [0.25, 0.3) is 0 Å². The van der Waals surface area contributed by atoms with Gasteiger partial charge in [-0.2, -0.15) is 0 Å². The number of allylic oxidation sites excluding steroid dienone is 1. The summed E-state index contributed by atoms with van der Waals surface area (Å²) >= 11 is 0. The van der Waals surface area contributed by atoms with Crippen LogP contribution >= 0.6 is 0 Å². The summed E-state index contributed by atoms with van der Waals surface area (Å²) < 4.78 is 52.7. The van der Waals surface area contributed by atoms with Crippen LogP contribution in [-0.4, -0.2) is 6.36 Å². The molecule has 0 bridgehead atoms. The fourth-order valence-corrected chi connectivity index (χ4v) is 1.19. The lowest BCUT2D eigenvalue weighted by Crippen LogP contribution is -2.17. The first-order chi connectivity index (χ1) is 7.33. The molecule has 1 atom stereocenters. The largest absolute Gasteiger partial charge is 0.573 e. The van der Waals surface area contributed by atoms with Crippen LogP contribution in [-0.2, 0) is 0 Å². The molecule has 1 rings (SSSR count). The maximum atomic E-state index is 13.3. The van der Waals surface area contributed by atoms with Gasteiger partial charge in [0.05, 0.1) is 0 Å². The van der Waals surface area contributed by atoms with Crippen molar-refractivity contribution in [1.29, 1.82) is 0 Å². The average Bonchev–Trinajstić information content (AvgIpc) is 2.18. The number of hydrogen-bond donors (Lipinski definition) is 0. The Hall–Kier alpha value is -1.52. The van der Waals surface area contributed by atoms with Crippen LogP contribution in [0.15, 0.2) is 30.9 Å². The minimum atomic E-state index is -4.77. The Morgan fingerprint density at radius 1 is 1.38 bits per heavy atom. The quantitative estimate of drug-likeness (QED) is 0.567. The highest BCUT2D eigenvalue weighted by Crippen LogP contribution is 2.28. The number of halogens is 4. The van der Waals surface area contributed by atoms with Crippen molar-refractivity contribution in [3.8, 4) is 5.75 Å². The third kappa shape index (κ3) is 3.25. The van der Waals surface area contributed by atoms with Crippen LogP contribution in [0.25, 0.3) is 0 Å². The fourth-order valence-electron chi connectivity index (χ4n) is 1.19. The summed E-state index contributed by atoms with van der Waals surface area (Å²) in [7, 11) is 0. The van der Waals surface area contributed by atoms with Gasteiger partial charge in [-0.3, -0.25) is 0 Å². The fraction of sp³-hybridized carbons (Fsp3) is 0.273. The molecule has 0 saturated heterocycles. The van der Waals surface area contributed by atoms with Crippen LogP contribution in [0.1, 0.15) is 18.4 Å². The van der Waals surface area contributed by atoms with E-state index in [1.807, 2.05) is 0 Å². The monoisotopic (exact) mass is 234 g/mol. The van der Waals surface area contributed by atoms with E-state index >= 15 is 0 Å². The Labute approximate surface area is 90.3 Å². The van der Waals surface area contributed by atoms with Crippen LogP contribution in [0.2, 0.25) is 0 Å². The van der Waals surface area contributed by atoms with E-state index in [2.05, 4.69) is 11.3 Å². The molecule has 0 saturated carbocycles. The molecule has 0 spiro atoms. The summed E-state index contributed by atoms with van der Waals surface area (Å²) in [6, 6.07) is 2.90. The molecule has 0 aliphatic rings. The summed E-state index contributed by atoms with van der Waals surface area (Å²) in [5.41, 5.74) is 0.122. The molecule has 0 aliphatic carbocycles. The first kappa shape index (κ1) is 12.5. The highest BCUT2D eigenvalue weighted by atomic mass is 19.4. The zero-order chi connectivity index (χ0) is 12.3. The van der Waals surface area contributed by atoms with Crippen molar-refractivity contribution in [2.24, 2.45) is 0 Å². The molecule has 1 unspecified atom stereocenters. The van der Waals surface area contributed by atoms with Gasteiger partial charge in [-0.25, -0.2) is 4.39 Å². The SMILES string of the molecule is C=CC(C)c1cc(OC(F)(F)F)ccc1F. The summed E-state index contributed by atoms with van der Waals surface area (Å²) in [5, 5.41) is 0. The van der Waals surface area contributed by atoms with Gasteiger partial charge in [-0.1, -0.05) is 13.0 Å². The standard InChI is InChI=1S/C11H10F4O/c1-3-7(2)9-6-8(4-5-10(9)12)16-11(13,14)15/h3-7H,1H2,2H3. The molecular formula is C11H10F4O. The zero-order valence-electron chi connectivity index (χ0n) is 8.51. The van der Waals surface area contributed by atoms with E-state index in [1.165, 1.54) is 6.08 Å². The second-order valence-corrected chi connectivity index (χ2v) is 3.26. The molecule has 5 heteroatoms. The number of ether oxygens (including phenoxy) is 1. The smallest absolute Gasteiger partial charge is 0.406 e. The first-order valence-electron chi connectivity index (χ1n) is 4.51. The van der Waals surface area contributed by atoms with Gasteiger partial charge in [-0.05, 0) is 23.8 Å². The van der Waals surface area contributed by atoms with Crippen LogP contribution in [0, 0.1) is 5.82 Å². The second-order valence-electron chi connectivity index (χ2n) is 3.26. The van der Waals surface area contributed by atoms with E-state index in [0.29, 0.717) is 0 Å². The molecule has 16 heavy (non-hydrogen) atoms. The molecule has 0 amide bonds. The van der Waals surface area contributed by atoms with E-state index in [4.69, 9.17) is 0 Å². The molecule has 0 heterocycles. The molecule has 1 nitrogen and oxygen atoms in total. The maximum Gasteiger partial charge on any atom is 0.573 e. The van der Waals surface area contributed by atoms with Crippen LogP contribution in [0.4, 0.5) is 17.6 Å². The molecule has 0 fully saturated rings. The van der Waals surface area contributed by atoms with E-state index in [9.17, 15) is 17.6 Å². The highest BCUT2D eigenvalue weighted by Gasteiger charge is 2.31. The van der Waals surface area contributed by atoms with E-state index in [1.54, 1.807) is 6.92 Å². The molecule has 1 aromatic carbocycles. The third-order valence-corrected chi connectivity index (χ3v) is 2.05. The summed E-state index contributed by atoms with van der Waals surface area (Å²) in [5.74, 6) is -1.39. The van der Waals surface area contributed by atoms with Gasteiger partial charge in [0, 0.05) is 5.92 Å². The Balaban J connectivity index is 3.03.